The topological polar surface area (TPSA) is 83.5 Å². The number of carboxylic acid groups (broad SMARTS) is 1. The molecule has 0 radical (unpaired) electrons. The van der Waals surface area contributed by atoms with Crippen LogP contribution in [-0.2, 0) is 4.79 Å². The van der Waals surface area contributed by atoms with Crippen LogP contribution in [0.3, 0.4) is 0 Å². The van der Waals surface area contributed by atoms with Crippen molar-refractivity contribution in [3.63, 3.8) is 0 Å². The number of rotatable bonds is 4. The number of aromatic carboxylic acids is 1. The van der Waals surface area contributed by atoms with Crippen LogP contribution >= 0.6 is 0 Å². The fourth-order valence-corrected chi connectivity index (χ4v) is 1.10. The summed E-state index contributed by atoms with van der Waals surface area (Å²) in [4.78, 5) is 32.2. The summed E-state index contributed by atoms with van der Waals surface area (Å²) < 4.78 is 0. The third kappa shape index (κ3) is 2.63. The van der Waals surface area contributed by atoms with Gasteiger partial charge in [-0.2, -0.15) is 0 Å². The second kappa shape index (κ2) is 4.90. The van der Waals surface area contributed by atoms with Crippen molar-refractivity contribution in [2.45, 2.75) is 0 Å². The molecule has 15 heavy (non-hydrogen) atoms. The highest BCUT2D eigenvalue weighted by atomic mass is 16.4. The van der Waals surface area contributed by atoms with Crippen molar-refractivity contribution in [1.29, 1.82) is 0 Å². The first-order valence-electron chi connectivity index (χ1n) is 4.21. The SMILES string of the molecule is O=CCNC(=O)c1ccccc1C(=O)O. The van der Waals surface area contributed by atoms with Crippen molar-refractivity contribution in [1.82, 2.24) is 5.32 Å². The van der Waals surface area contributed by atoms with Crippen molar-refractivity contribution in [2.75, 3.05) is 6.54 Å². The van der Waals surface area contributed by atoms with E-state index in [1.807, 2.05) is 0 Å². The zero-order valence-electron chi connectivity index (χ0n) is 7.77. The molecule has 1 aromatic rings. The quantitative estimate of drug-likeness (QED) is 0.696. The Labute approximate surface area is 85.7 Å². The fourth-order valence-electron chi connectivity index (χ4n) is 1.10. The van der Waals surface area contributed by atoms with Crippen LogP contribution in [0.4, 0.5) is 0 Å². The van der Waals surface area contributed by atoms with E-state index in [0.29, 0.717) is 6.29 Å². The number of hydrogen-bond acceptors (Lipinski definition) is 3. The normalized spacial score (nSPS) is 9.33. The lowest BCUT2D eigenvalue weighted by molar-refractivity contribution is -0.107. The molecule has 2 N–H and O–H groups in total. The Morgan fingerprint density at radius 3 is 2.40 bits per heavy atom. The number of carbonyl (C=O) groups is 3. The van der Waals surface area contributed by atoms with Crippen LogP contribution in [0.25, 0.3) is 0 Å². The predicted molar refractivity (Wildman–Crippen MR) is 51.8 cm³/mol. The summed E-state index contributed by atoms with van der Waals surface area (Å²) in [7, 11) is 0. The van der Waals surface area contributed by atoms with E-state index >= 15 is 0 Å². The summed E-state index contributed by atoms with van der Waals surface area (Å²) in [6, 6.07) is 5.81. The summed E-state index contributed by atoms with van der Waals surface area (Å²) in [6.45, 7) is -0.132. The molecule has 0 aliphatic heterocycles. The molecule has 0 saturated carbocycles. The van der Waals surface area contributed by atoms with Gasteiger partial charge in [-0.15, -0.1) is 0 Å². The van der Waals surface area contributed by atoms with E-state index in [2.05, 4.69) is 5.32 Å². The van der Waals surface area contributed by atoms with Crippen LogP contribution in [-0.4, -0.2) is 29.8 Å². The molecule has 0 unspecified atom stereocenters. The second-order valence-corrected chi connectivity index (χ2v) is 2.73. The molecule has 0 spiro atoms. The maximum Gasteiger partial charge on any atom is 0.336 e. The van der Waals surface area contributed by atoms with Gasteiger partial charge < -0.3 is 15.2 Å². The lowest BCUT2D eigenvalue weighted by atomic mass is 10.1. The number of aldehydes is 1. The summed E-state index contributed by atoms with van der Waals surface area (Å²) in [6.07, 6.45) is 0.529. The Morgan fingerprint density at radius 1 is 1.27 bits per heavy atom. The van der Waals surface area contributed by atoms with E-state index in [1.165, 1.54) is 18.2 Å². The van der Waals surface area contributed by atoms with Gasteiger partial charge in [0, 0.05) is 0 Å². The molecule has 1 rings (SSSR count). The minimum atomic E-state index is -1.17. The van der Waals surface area contributed by atoms with Crippen LogP contribution in [0.5, 0.6) is 0 Å². The monoisotopic (exact) mass is 207 g/mol. The Kier molecular flexibility index (Phi) is 3.56. The first kappa shape index (κ1) is 10.9. The number of carboxylic acids is 1. The van der Waals surface area contributed by atoms with Gasteiger partial charge in [0.05, 0.1) is 17.7 Å². The Hall–Kier alpha value is -2.17. The summed E-state index contributed by atoms with van der Waals surface area (Å²) >= 11 is 0. The van der Waals surface area contributed by atoms with Crippen molar-refractivity contribution < 1.29 is 19.5 Å². The van der Waals surface area contributed by atoms with Crippen LogP contribution < -0.4 is 5.32 Å². The molecule has 0 atom stereocenters. The van der Waals surface area contributed by atoms with Gasteiger partial charge in [0.15, 0.2) is 0 Å². The fraction of sp³-hybridized carbons (Fsp3) is 0.100. The van der Waals surface area contributed by atoms with E-state index < -0.39 is 11.9 Å². The summed E-state index contributed by atoms with van der Waals surface area (Å²) in [5.41, 5.74) is -0.0345. The standard InChI is InChI=1S/C10H9NO4/c12-6-5-11-9(13)7-3-1-2-4-8(7)10(14)15/h1-4,6H,5H2,(H,11,13)(H,14,15). The molecule has 0 aliphatic carbocycles. The van der Waals surface area contributed by atoms with E-state index in [-0.39, 0.29) is 17.7 Å². The molecule has 0 aliphatic rings. The van der Waals surface area contributed by atoms with Gasteiger partial charge in [0.2, 0.25) is 0 Å². The van der Waals surface area contributed by atoms with Gasteiger partial charge in [-0.1, -0.05) is 12.1 Å². The Morgan fingerprint density at radius 2 is 1.87 bits per heavy atom. The number of nitrogens with one attached hydrogen (secondary N) is 1. The van der Waals surface area contributed by atoms with E-state index in [1.54, 1.807) is 6.07 Å². The number of hydrogen-bond donors (Lipinski definition) is 2. The third-order valence-electron chi connectivity index (χ3n) is 1.75. The summed E-state index contributed by atoms with van der Waals surface area (Å²) in [5, 5.41) is 11.1. The molecule has 5 heteroatoms. The van der Waals surface area contributed by atoms with Crippen LogP contribution in [0.1, 0.15) is 20.7 Å². The van der Waals surface area contributed by atoms with Crippen LogP contribution in [0.2, 0.25) is 0 Å². The number of carbonyl (C=O) groups excluding carboxylic acids is 2. The maximum absolute atomic E-state index is 11.4. The zero-order chi connectivity index (χ0) is 11.3. The van der Waals surface area contributed by atoms with Crippen LogP contribution in [0.15, 0.2) is 24.3 Å². The number of amides is 1. The molecular formula is C10H9NO4. The molecule has 1 amide bonds. The van der Waals surface area contributed by atoms with E-state index in [4.69, 9.17) is 5.11 Å². The molecule has 1 aromatic carbocycles. The van der Waals surface area contributed by atoms with Gasteiger partial charge in [0.1, 0.15) is 6.29 Å². The molecule has 0 heterocycles. The molecule has 0 aromatic heterocycles. The van der Waals surface area contributed by atoms with Gasteiger partial charge in [-0.25, -0.2) is 4.79 Å². The Bertz CT molecular complexity index is 400. The minimum Gasteiger partial charge on any atom is -0.478 e. The zero-order valence-corrected chi connectivity index (χ0v) is 7.77. The van der Waals surface area contributed by atoms with Crippen LogP contribution in [0, 0.1) is 0 Å². The second-order valence-electron chi connectivity index (χ2n) is 2.73. The molecule has 0 bridgehead atoms. The Balaban J connectivity index is 2.97. The highest BCUT2D eigenvalue weighted by Gasteiger charge is 2.14. The average molecular weight is 207 g/mol. The van der Waals surface area contributed by atoms with Crippen molar-refractivity contribution in [3.8, 4) is 0 Å². The molecule has 5 nitrogen and oxygen atoms in total. The predicted octanol–water partition coefficient (Wildman–Crippen LogP) is 0.314. The number of benzene rings is 1. The first-order valence-corrected chi connectivity index (χ1v) is 4.21. The van der Waals surface area contributed by atoms with E-state index in [9.17, 15) is 14.4 Å². The van der Waals surface area contributed by atoms with Crippen molar-refractivity contribution in [2.24, 2.45) is 0 Å². The summed E-state index contributed by atoms with van der Waals surface area (Å²) in [5.74, 6) is -1.74. The third-order valence-corrected chi connectivity index (χ3v) is 1.75. The lowest BCUT2D eigenvalue weighted by Crippen LogP contribution is -2.26. The van der Waals surface area contributed by atoms with Crippen molar-refractivity contribution >= 4 is 18.2 Å². The lowest BCUT2D eigenvalue weighted by Gasteiger charge is -2.04. The first-order chi connectivity index (χ1) is 7.16. The minimum absolute atomic E-state index is 0.0480. The van der Waals surface area contributed by atoms with Crippen molar-refractivity contribution in [3.05, 3.63) is 35.4 Å². The largest absolute Gasteiger partial charge is 0.478 e. The van der Waals surface area contributed by atoms with Gasteiger partial charge >= 0.3 is 5.97 Å². The molecule has 0 fully saturated rings. The molecule has 0 saturated heterocycles. The smallest absolute Gasteiger partial charge is 0.336 e. The maximum atomic E-state index is 11.4. The van der Waals surface area contributed by atoms with Gasteiger partial charge in [-0.3, -0.25) is 4.79 Å². The molecule has 78 valence electrons. The highest BCUT2D eigenvalue weighted by Crippen LogP contribution is 2.08. The highest BCUT2D eigenvalue weighted by molar-refractivity contribution is 6.05. The van der Waals surface area contributed by atoms with E-state index in [0.717, 1.165) is 0 Å². The molecular weight excluding hydrogens is 198 g/mol. The van der Waals surface area contributed by atoms with Gasteiger partial charge in [-0.05, 0) is 12.1 Å². The average Bonchev–Trinajstić information content (AvgIpc) is 2.25. The van der Waals surface area contributed by atoms with Gasteiger partial charge in [0.25, 0.3) is 5.91 Å².